The van der Waals surface area contributed by atoms with Crippen LogP contribution >= 0.6 is 0 Å². The van der Waals surface area contributed by atoms with Crippen LogP contribution in [0.15, 0.2) is 53.1 Å². The molecule has 7 nitrogen and oxygen atoms in total. The summed E-state index contributed by atoms with van der Waals surface area (Å²) in [4.78, 5) is 16.4. The SMILES string of the molecule is COc1ccc(-c2nc(CNC(=O)c3cccc(OC)c3)no2)cc1. The molecule has 1 heterocycles. The monoisotopic (exact) mass is 339 g/mol. The highest BCUT2D eigenvalue weighted by atomic mass is 16.5. The standard InChI is InChI=1S/C18H17N3O4/c1-23-14-8-6-12(7-9-14)18-20-16(21-25-18)11-19-17(22)13-4-3-5-15(10-13)24-2/h3-10H,11H2,1-2H3,(H,19,22). The average Bonchev–Trinajstić information content (AvgIpc) is 3.15. The maximum absolute atomic E-state index is 12.2. The van der Waals surface area contributed by atoms with Gasteiger partial charge in [-0.3, -0.25) is 4.79 Å². The number of ether oxygens (including phenoxy) is 2. The van der Waals surface area contributed by atoms with Gasteiger partial charge in [0.05, 0.1) is 20.8 Å². The quantitative estimate of drug-likeness (QED) is 0.743. The van der Waals surface area contributed by atoms with Crippen LogP contribution in [0.4, 0.5) is 0 Å². The van der Waals surface area contributed by atoms with Crippen molar-refractivity contribution in [1.29, 1.82) is 0 Å². The Morgan fingerprint density at radius 2 is 1.84 bits per heavy atom. The number of aromatic nitrogens is 2. The van der Waals surface area contributed by atoms with E-state index >= 15 is 0 Å². The predicted molar refractivity (Wildman–Crippen MR) is 90.5 cm³/mol. The molecule has 1 aromatic heterocycles. The molecule has 0 aliphatic rings. The number of nitrogens with one attached hydrogen (secondary N) is 1. The predicted octanol–water partition coefficient (Wildman–Crippen LogP) is 2.68. The second kappa shape index (κ2) is 7.48. The van der Waals surface area contributed by atoms with Gasteiger partial charge in [-0.1, -0.05) is 11.2 Å². The normalized spacial score (nSPS) is 10.3. The Morgan fingerprint density at radius 3 is 2.56 bits per heavy atom. The molecule has 0 bridgehead atoms. The Hall–Kier alpha value is -3.35. The minimum Gasteiger partial charge on any atom is -0.497 e. The zero-order valence-corrected chi connectivity index (χ0v) is 13.9. The lowest BCUT2D eigenvalue weighted by Crippen LogP contribution is -2.23. The average molecular weight is 339 g/mol. The van der Waals surface area contributed by atoms with E-state index in [-0.39, 0.29) is 12.5 Å². The number of carbonyl (C=O) groups is 1. The third-order valence-electron chi connectivity index (χ3n) is 3.54. The summed E-state index contributed by atoms with van der Waals surface area (Å²) in [6.45, 7) is 0.162. The molecule has 0 aliphatic heterocycles. The van der Waals surface area contributed by atoms with Crippen LogP contribution in [0.5, 0.6) is 11.5 Å². The molecule has 25 heavy (non-hydrogen) atoms. The van der Waals surface area contributed by atoms with E-state index in [9.17, 15) is 4.79 Å². The van der Waals surface area contributed by atoms with Crippen molar-refractivity contribution in [2.75, 3.05) is 14.2 Å². The van der Waals surface area contributed by atoms with Crippen molar-refractivity contribution in [3.05, 3.63) is 59.9 Å². The summed E-state index contributed by atoms with van der Waals surface area (Å²) in [6, 6.07) is 14.2. The van der Waals surface area contributed by atoms with Crippen LogP contribution in [0.25, 0.3) is 11.5 Å². The maximum Gasteiger partial charge on any atom is 0.257 e. The lowest BCUT2D eigenvalue weighted by atomic mass is 10.2. The molecule has 0 spiro atoms. The van der Waals surface area contributed by atoms with E-state index in [1.807, 2.05) is 24.3 Å². The highest BCUT2D eigenvalue weighted by Gasteiger charge is 2.11. The largest absolute Gasteiger partial charge is 0.497 e. The zero-order valence-electron chi connectivity index (χ0n) is 13.9. The van der Waals surface area contributed by atoms with Gasteiger partial charge >= 0.3 is 0 Å². The van der Waals surface area contributed by atoms with Gasteiger partial charge in [0.15, 0.2) is 5.82 Å². The van der Waals surface area contributed by atoms with Crippen LogP contribution in [0, 0.1) is 0 Å². The molecule has 1 amide bonds. The summed E-state index contributed by atoms with van der Waals surface area (Å²) in [5.74, 6) is 1.90. The molecular formula is C18H17N3O4. The highest BCUT2D eigenvalue weighted by molar-refractivity contribution is 5.94. The Bertz CT molecular complexity index is 859. The molecule has 3 rings (SSSR count). The van der Waals surface area contributed by atoms with Crippen LogP contribution in [-0.4, -0.2) is 30.3 Å². The van der Waals surface area contributed by atoms with Crippen molar-refractivity contribution < 1.29 is 18.8 Å². The van der Waals surface area contributed by atoms with Gasteiger partial charge in [-0.25, -0.2) is 0 Å². The van der Waals surface area contributed by atoms with E-state index < -0.39 is 0 Å². The van der Waals surface area contributed by atoms with Crippen LogP contribution in [0.3, 0.4) is 0 Å². The summed E-state index contributed by atoms with van der Waals surface area (Å²) in [6.07, 6.45) is 0. The molecule has 0 atom stereocenters. The molecule has 0 radical (unpaired) electrons. The number of benzene rings is 2. The molecule has 3 aromatic rings. The minimum atomic E-state index is -0.241. The van der Waals surface area contributed by atoms with Crippen molar-refractivity contribution in [2.24, 2.45) is 0 Å². The lowest BCUT2D eigenvalue weighted by molar-refractivity contribution is 0.0949. The number of methoxy groups -OCH3 is 2. The van der Waals surface area contributed by atoms with Crippen molar-refractivity contribution >= 4 is 5.91 Å². The van der Waals surface area contributed by atoms with Crippen molar-refractivity contribution in [3.63, 3.8) is 0 Å². The van der Waals surface area contributed by atoms with Crippen LogP contribution in [0.2, 0.25) is 0 Å². The van der Waals surface area contributed by atoms with Crippen molar-refractivity contribution in [2.45, 2.75) is 6.54 Å². The van der Waals surface area contributed by atoms with E-state index in [4.69, 9.17) is 14.0 Å². The van der Waals surface area contributed by atoms with Crippen LogP contribution in [0.1, 0.15) is 16.2 Å². The summed E-state index contributed by atoms with van der Waals surface area (Å²) in [5.41, 5.74) is 1.27. The van der Waals surface area contributed by atoms with Gasteiger partial charge in [0.25, 0.3) is 11.8 Å². The molecule has 0 aliphatic carbocycles. The van der Waals surface area contributed by atoms with Gasteiger partial charge in [-0.05, 0) is 42.5 Å². The highest BCUT2D eigenvalue weighted by Crippen LogP contribution is 2.20. The second-order valence-electron chi connectivity index (χ2n) is 5.16. The maximum atomic E-state index is 12.2. The van der Waals surface area contributed by atoms with Crippen molar-refractivity contribution in [3.8, 4) is 23.0 Å². The molecule has 1 N–H and O–H groups in total. The van der Waals surface area contributed by atoms with Gasteiger partial charge in [0.1, 0.15) is 11.5 Å². The van der Waals surface area contributed by atoms with Gasteiger partial charge in [-0.15, -0.1) is 0 Å². The molecule has 2 aromatic carbocycles. The first kappa shape index (κ1) is 16.5. The Labute approximate surface area is 144 Å². The molecule has 0 saturated heterocycles. The zero-order chi connectivity index (χ0) is 17.6. The van der Waals surface area contributed by atoms with Gasteiger partial charge in [0.2, 0.25) is 0 Å². The van der Waals surface area contributed by atoms with Crippen molar-refractivity contribution in [1.82, 2.24) is 15.5 Å². The first-order chi connectivity index (χ1) is 12.2. The Morgan fingerprint density at radius 1 is 1.08 bits per heavy atom. The smallest absolute Gasteiger partial charge is 0.257 e. The van der Waals surface area contributed by atoms with Gasteiger partial charge < -0.3 is 19.3 Å². The van der Waals surface area contributed by atoms with E-state index in [2.05, 4.69) is 15.5 Å². The number of hydrogen-bond acceptors (Lipinski definition) is 6. The second-order valence-corrected chi connectivity index (χ2v) is 5.16. The lowest BCUT2D eigenvalue weighted by Gasteiger charge is -2.04. The molecule has 0 fully saturated rings. The van der Waals surface area contributed by atoms with E-state index in [1.165, 1.54) is 0 Å². The topological polar surface area (TPSA) is 86.5 Å². The third kappa shape index (κ3) is 3.95. The first-order valence-electron chi connectivity index (χ1n) is 7.59. The molecule has 0 saturated carbocycles. The summed E-state index contributed by atoms with van der Waals surface area (Å²) in [7, 11) is 3.15. The Kier molecular flexibility index (Phi) is 4.94. The first-order valence-corrected chi connectivity index (χ1v) is 7.59. The fraction of sp³-hybridized carbons (Fsp3) is 0.167. The molecule has 128 valence electrons. The molecule has 0 unspecified atom stereocenters. The Balaban J connectivity index is 1.63. The van der Waals surface area contributed by atoms with Gasteiger partial charge in [0, 0.05) is 11.1 Å². The summed E-state index contributed by atoms with van der Waals surface area (Å²) >= 11 is 0. The number of hydrogen-bond donors (Lipinski definition) is 1. The summed E-state index contributed by atoms with van der Waals surface area (Å²) < 4.78 is 15.4. The number of rotatable bonds is 6. The minimum absolute atomic E-state index is 0.162. The van der Waals surface area contributed by atoms with Crippen LogP contribution < -0.4 is 14.8 Å². The molecule has 7 heteroatoms. The number of carbonyl (C=O) groups excluding carboxylic acids is 1. The number of nitrogens with zero attached hydrogens (tertiary/aromatic N) is 2. The molecular weight excluding hydrogens is 322 g/mol. The van der Waals surface area contributed by atoms with Crippen LogP contribution in [-0.2, 0) is 6.54 Å². The summed E-state index contributed by atoms with van der Waals surface area (Å²) in [5, 5.41) is 6.63. The number of amides is 1. The third-order valence-corrected chi connectivity index (χ3v) is 3.54. The van der Waals surface area contributed by atoms with E-state index in [0.29, 0.717) is 23.0 Å². The van der Waals surface area contributed by atoms with E-state index in [1.54, 1.807) is 38.5 Å². The van der Waals surface area contributed by atoms with Gasteiger partial charge in [-0.2, -0.15) is 4.98 Å². The fourth-order valence-corrected chi connectivity index (χ4v) is 2.20. The fourth-order valence-electron chi connectivity index (χ4n) is 2.20. The van der Waals surface area contributed by atoms with E-state index in [0.717, 1.165) is 11.3 Å².